The second-order valence-electron chi connectivity index (χ2n) is 10.7. The van der Waals surface area contributed by atoms with E-state index in [1.54, 1.807) is 6.92 Å². The molecule has 4 aromatic rings. The summed E-state index contributed by atoms with van der Waals surface area (Å²) >= 11 is 8.20. The van der Waals surface area contributed by atoms with Crippen LogP contribution in [0.4, 0.5) is 10.2 Å². The maximum Gasteiger partial charge on any atom is 0.386 e. The number of nitrogens with two attached hydrogens (primary N) is 1. The van der Waals surface area contributed by atoms with E-state index < -0.39 is 68.1 Å². The van der Waals surface area contributed by atoms with Gasteiger partial charge in [0.05, 0.1) is 37.5 Å². The van der Waals surface area contributed by atoms with Gasteiger partial charge in [0.2, 0.25) is 0 Å². The molecule has 3 fully saturated rings. The second kappa shape index (κ2) is 11.4. The zero-order valence-corrected chi connectivity index (χ0v) is 26.6. The third-order valence-corrected chi connectivity index (χ3v) is 11.1. The summed E-state index contributed by atoms with van der Waals surface area (Å²) in [6, 6.07) is -0.908. The number of aryl methyl sites for hydroxylation is 1. The summed E-state index contributed by atoms with van der Waals surface area (Å²) in [7, 11) is 0. The average molecular weight is 706 g/mol. The van der Waals surface area contributed by atoms with Crippen LogP contribution in [0.1, 0.15) is 30.9 Å². The molecule has 1 aliphatic carbocycles. The fraction of sp³-hybridized carbons (Fsp3) is 0.545. The van der Waals surface area contributed by atoms with Crippen LogP contribution in [0.25, 0.3) is 22.3 Å². The zero-order valence-electron chi connectivity index (χ0n) is 23.1. The van der Waals surface area contributed by atoms with E-state index in [2.05, 4.69) is 54.4 Å². The van der Waals surface area contributed by atoms with E-state index in [0.717, 1.165) is 0 Å². The molecule has 0 aromatic carbocycles. The van der Waals surface area contributed by atoms with Gasteiger partial charge in [0.15, 0.2) is 35.0 Å². The normalized spacial score (nSPS) is 37.7. The van der Waals surface area contributed by atoms with Crippen molar-refractivity contribution in [3.8, 4) is 0 Å². The highest BCUT2D eigenvalue weighted by Crippen LogP contribution is 2.62. The third-order valence-electron chi connectivity index (χ3n) is 7.84. The summed E-state index contributed by atoms with van der Waals surface area (Å²) in [5, 5.41) is 11.3. The van der Waals surface area contributed by atoms with Gasteiger partial charge in [-0.15, -0.1) is 0 Å². The molecule has 242 valence electrons. The summed E-state index contributed by atoms with van der Waals surface area (Å²) in [4.78, 5) is 35.6. The molecule has 4 N–H and O–H groups in total. The summed E-state index contributed by atoms with van der Waals surface area (Å²) in [6.07, 6.45) is -6.66. The van der Waals surface area contributed by atoms with Crippen LogP contribution < -0.4 is 11.3 Å². The highest BCUT2D eigenvalue weighted by molar-refractivity contribution is 8.44. The highest BCUT2D eigenvalue weighted by Gasteiger charge is 2.54. The lowest BCUT2D eigenvalue weighted by Crippen LogP contribution is -2.34. The number of aromatic nitrogens is 8. The highest BCUT2D eigenvalue weighted by atomic mass is 32.7. The van der Waals surface area contributed by atoms with Crippen molar-refractivity contribution in [2.24, 2.45) is 0 Å². The number of ether oxygens (including phenoxy) is 1. The summed E-state index contributed by atoms with van der Waals surface area (Å²) in [5.41, 5.74) is 5.94. The Hall–Kier alpha value is -2.45. The number of imidazole rings is 2. The molecule has 2 unspecified atom stereocenters. The monoisotopic (exact) mass is 705 g/mol. The van der Waals surface area contributed by atoms with Gasteiger partial charge < -0.3 is 29.7 Å². The van der Waals surface area contributed by atoms with Crippen molar-refractivity contribution in [3.05, 3.63) is 35.2 Å². The Bertz CT molecular complexity index is 1950. The molecule has 3 aliphatic rings. The van der Waals surface area contributed by atoms with Crippen molar-refractivity contribution in [1.29, 1.82) is 0 Å². The van der Waals surface area contributed by atoms with Gasteiger partial charge in [0.25, 0.3) is 5.56 Å². The van der Waals surface area contributed by atoms with Crippen molar-refractivity contribution >= 4 is 66.2 Å². The number of nitrogen functional groups attached to an aromatic ring is 1. The molecule has 2 bridgehead atoms. The van der Waals surface area contributed by atoms with E-state index in [1.807, 2.05) is 0 Å². The summed E-state index contributed by atoms with van der Waals surface area (Å²) < 4.78 is 74.5. The molecule has 0 spiro atoms. The average Bonchev–Trinajstić information content (AvgIpc) is 3.71. The predicted octanol–water partition coefficient (Wildman–Crippen LogP) is 2.04. The molecular formula is C22H26FN9O9P2S2. The number of nitrogens with zero attached hydrogens (tertiary/aromatic N) is 7. The molecular weight excluding hydrogens is 679 g/mol. The van der Waals surface area contributed by atoms with Gasteiger partial charge in [-0.3, -0.25) is 22.9 Å². The lowest BCUT2D eigenvalue weighted by atomic mass is 10.1. The number of thiol groups is 2. The van der Waals surface area contributed by atoms with E-state index in [9.17, 15) is 19.0 Å². The Morgan fingerprint density at radius 3 is 2.56 bits per heavy atom. The number of hydrogen-bond acceptors (Lipinski definition) is 15. The van der Waals surface area contributed by atoms with Crippen molar-refractivity contribution in [2.75, 3.05) is 12.3 Å². The molecule has 7 rings (SSSR count). The van der Waals surface area contributed by atoms with E-state index in [0.29, 0.717) is 5.82 Å². The van der Waals surface area contributed by atoms with E-state index in [1.165, 1.54) is 28.1 Å². The van der Waals surface area contributed by atoms with Crippen LogP contribution in [0, 0.1) is 6.92 Å². The fourth-order valence-electron chi connectivity index (χ4n) is 5.89. The first kappa shape index (κ1) is 31.2. The van der Waals surface area contributed by atoms with Crippen molar-refractivity contribution in [1.82, 2.24) is 39.0 Å². The van der Waals surface area contributed by atoms with Gasteiger partial charge in [0, 0.05) is 12.8 Å². The second-order valence-corrected chi connectivity index (χ2v) is 16.4. The Labute approximate surface area is 262 Å². The number of nitrogens with one attached hydrogen (secondary N) is 1. The van der Waals surface area contributed by atoms with Gasteiger partial charge in [-0.25, -0.2) is 38.4 Å². The van der Waals surface area contributed by atoms with E-state index in [-0.39, 0.29) is 47.6 Å². The number of alkyl halides is 1. The number of aliphatic hydroxyl groups excluding tert-OH is 1. The van der Waals surface area contributed by atoms with Crippen LogP contribution in [0.2, 0.25) is 0 Å². The molecule has 0 radical (unpaired) electrons. The Balaban J connectivity index is 1.21. The van der Waals surface area contributed by atoms with Crippen molar-refractivity contribution < 1.29 is 41.5 Å². The topological polar surface area (TPSA) is 234 Å². The molecule has 23 heteroatoms. The molecule has 18 nitrogen and oxygen atoms in total. The van der Waals surface area contributed by atoms with Crippen LogP contribution in [-0.4, -0.2) is 87.4 Å². The minimum Gasteiger partial charge on any atom is -0.388 e. The first-order valence-electron chi connectivity index (χ1n) is 13.5. The minimum absolute atomic E-state index is 0.0109. The number of anilines is 1. The lowest BCUT2D eigenvalue weighted by Gasteiger charge is -2.26. The largest absolute Gasteiger partial charge is 0.388 e. The van der Waals surface area contributed by atoms with E-state index >= 15 is 4.39 Å². The zero-order chi connectivity index (χ0) is 31.8. The van der Waals surface area contributed by atoms with Crippen LogP contribution in [-0.2, 0) is 32.0 Å². The molecule has 10 atom stereocenters. The molecule has 0 amide bonds. The maximum absolute atomic E-state index is 16.1. The maximum atomic E-state index is 16.1. The minimum atomic E-state index is -4.44. The van der Waals surface area contributed by atoms with Gasteiger partial charge in [-0.2, -0.15) is 0 Å². The van der Waals surface area contributed by atoms with Crippen molar-refractivity contribution in [3.63, 3.8) is 0 Å². The smallest absolute Gasteiger partial charge is 0.386 e. The van der Waals surface area contributed by atoms with Gasteiger partial charge >= 0.3 is 13.6 Å². The quantitative estimate of drug-likeness (QED) is 0.148. The summed E-state index contributed by atoms with van der Waals surface area (Å²) in [6.45, 7) is -7.40. The van der Waals surface area contributed by atoms with Gasteiger partial charge in [-0.05, 0) is 6.92 Å². The molecule has 1 saturated carbocycles. The molecule has 2 saturated heterocycles. The first-order chi connectivity index (χ1) is 21.3. The van der Waals surface area contributed by atoms with Crippen molar-refractivity contribution in [2.45, 2.75) is 68.7 Å². The van der Waals surface area contributed by atoms with Crippen LogP contribution in [0.3, 0.4) is 0 Å². The Morgan fingerprint density at radius 1 is 1.02 bits per heavy atom. The molecule has 2 aliphatic heterocycles. The number of aromatic amines is 1. The number of fused-ring (bicyclic) bond motifs is 5. The Kier molecular flexibility index (Phi) is 7.87. The Morgan fingerprint density at radius 2 is 1.76 bits per heavy atom. The summed E-state index contributed by atoms with van der Waals surface area (Å²) in [5.74, 6) is 0.369. The fourth-order valence-corrected chi connectivity index (χ4v) is 9.28. The standard InChI is InChI=1S/C22H26FN9O9P2S2/c1-8-29-20-14(21(34)30-8)28-6-31(20)9-4-11-15(33)16(9)40-42(35,44)37-3-2-10-17(41-43(36,45)39-11)12(23)22(38-10)32-7-27-13-18(24)25-5-26-19(13)32/h5-7,9-12,15-17,22,33H,2-4H2,1H3,(H,35,44)(H,36,45)(H2,24,25,26)(H,29,30,34)/t9-,10-,11+,12-,15-,16+,17-,22-,42?,43?/m1/s1. The first-order valence-corrected chi connectivity index (χ1v) is 18.9. The molecule has 4 aromatic heterocycles. The number of rotatable bonds is 2. The molecule has 45 heavy (non-hydrogen) atoms. The number of aliphatic hydroxyl groups is 1. The lowest BCUT2D eigenvalue weighted by molar-refractivity contribution is -0.0298. The third kappa shape index (κ3) is 5.62. The SMILES string of the molecule is Cc1nc2c(ncn2[C@@H]2C[C@@H]3OP(=O)(S)O[C@H]4[C@@H](F)[C@H](n5cnc6c(N)ncnc65)O[C@@H]4CCOP(=O)(S)O[C@@H]2[C@@H]3O)c(=O)[nH]1. The van der Waals surface area contributed by atoms with Gasteiger partial charge in [-0.1, -0.05) is 24.5 Å². The van der Waals surface area contributed by atoms with Gasteiger partial charge in [0.1, 0.15) is 36.0 Å². The number of hydrogen-bond donors (Lipinski definition) is 5. The van der Waals surface area contributed by atoms with E-state index in [4.69, 9.17) is 28.6 Å². The van der Waals surface area contributed by atoms with Crippen LogP contribution in [0.5, 0.6) is 0 Å². The number of H-pyrrole nitrogens is 1. The van der Waals surface area contributed by atoms with Crippen LogP contribution >= 0.6 is 38.1 Å². The predicted molar refractivity (Wildman–Crippen MR) is 159 cm³/mol. The number of halogens is 1. The molecule has 6 heterocycles. The van der Waals surface area contributed by atoms with Crippen LogP contribution in [0.15, 0.2) is 23.8 Å².